The average Bonchev–Trinajstić information content (AvgIpc) is 2.16. The van der Waals surface area contributed by atoms with Gasteiger partial charge in [0.15, 0.2) is 0 Å². The summed E-state index contributed by atoms with van der Waals surface area (Å²) in [5.41, 5.74) is 0.837. The zero-order chi connectivity index (χ0) is 9.94. The minimum atomic E-state index is 0.548. The summed E-state index contributed by atoms with van der Waals surface area (Å²) < 4.78 is 0. The van der Waals surface area contributed by atoms with Gasteiger partial charge in [0, 0.05) is 6.42 Å². The van der Waals surface area contributed by atoms with Crippen LogP contribution in [0.2, 0.25) is 0 Å². The monoisotopic (exact) mass is 182 g/mol. The van der Waals surface area contributed by atoms with E-state index in [0.717, 1.165) is 31.4 Å². The van der Waals surface area contributed by atoms with E-state index in [2.05, 4.69) is 18.1 Å². The number of nitriles is 1. The van der Waals surface area contributed by atoms with E-state index in [1.807, 2.05) is 0 Å². The first-order valence-electron chi connectivity index (χ1n) is 4.91. The van der Waals surface area contributed by atoms with Crippen LogP contribution in [0.25, 0.3) is 0 Å². The van der Waals surface area contributed by atoms with Gasteiger partial charge in [-0.05, 0) is 25.7 Å². The fourth-order valence-corrected chi connectivity index (χ4v) is 1.18. The van der Waals surface area contributed by atoms with Crippen molar-refractivity contribution >= 4 is 5.71 Å². The molecule has 0 unspecified atom stereocenters. The van der Waals surface area contributed by atoms with Crippen molar-refractivity contribution in [1.29, 1.82) is 5.26 Å². The summed E-state index contributed by atoms with van der Waals surface area (Å²) in [7, 11) is 0. The van der Waals surface area contributed by atoms with E-state index >= 15 is 0 Å². The maximum atomic E-state index is 8.63. The molecule has 0 aromatic heterocycles. The number of nitrogens with zero attached hydrogens (tertiary/aromatic N) is 2. The third-order valence-corrected chi connectivity index (χ3v) is 1.96. The summed E-state index contributed by atoms with van der Waals surface area (Å²) in [5.74, 6) is 0. The zero-order valence-electron chi connectivity index (χ0n) is 8.29. The van der Waals surface area contributed by atoms with E-state index in [1.54, 1.807) is 0 Å². The minimum absolute atomic E-state index is 0.548. The average molecular weight is 182 g/mol. The van der Waals surface area contributed by atoms with Gasteiger partial charge in [-0.1, -0.05) is 24.9 Å². The highest BCUT2D eigenvalue weighted by Gasteiger charge is 1.99. The first kappa shape index (κ1) is 12.0. The summed E-state index contributed by atoms with van der Waals surface area (Å²) in [6, 6.07) is 2.08. The van der Waals surface area contributed by atoms with Crippen LogP contribution in [0.4, 0.5) is 0 Å². The Hall–Kier alpha value is -1.04. The molecule has 0 fully saturated rings. The van der Waals surface area contributed by atoms with Gasteiger partial charge in [-0.25, -0.2) is 0 Å². The van der Waals surface area contributed by atoms with Gasteiger partial charge in [-0.15, -0.1) is 0 Å². The lowest BCUT2D eigenvalue weighted by Gasteiger charge is -2.01. The molecule has 0 aliphatic heterocycles. The molecule has 0 atom stereocenters. The summed E-state index contributed by atoms with van der Waals surface area (Å²) in [6.07, 6.45) is 6.43. The highest BCUT2D eigenvalue weighted by Crippen LogP contribution is 2.06. The molecule has 3 heteroatoms. The van der Waals surface area contributed by atoms with Crippen molar-refractivity contribution in [2.75, 3.05) is 0 Å². The van der Waals surface area contributed by atoms with Gasteiger partial charge >= 0.3 is 0 Å². The van der Waals surface area contributed by atoms with Crippen LogP contribution >= 0.6 is 0 Å². The second-order valence-electron chi connectivity index (χ2n) is 3.14. The first-order chi connectivity index (χ1) is 6.35. The van der Waals surface area contributed by atoms with Crippen molar-refractivity contribution in [3.63, 3.8) is 0 Å². The minimum Gasteiger partial charge on any atom is -0.411 e. The largest absolute Gasteiger partial charge is 0.411 e. The van der Waals surface area contributed by atoms with Gasteiger partial charge in [0.2, 0.25) is 0 Å². The normalized spacial score (nSPS) is 11.2. The molecule has 0 aliphatic carbocycles. The lowest BCUT2D eigenvalue weighted by atomic mass is 10.1. The van der Waals surface area contributed by atoms with Gasteiger partial charge < -0.3 is 5.21 Å². The van der Waals surface area contributed by atoms with Gasteiger partial charge in [0.1, 0.15) is 0 Å². The standard InChI is InChI=1S/C10H18N2O/c1-2-3-4-7-10(12-13)8-5-6-9-11/h13H,2-8H2,1H3/b12-10+. The lowest BCUT2D eigenvalue weighted by molar-refractivity contribution is 0.315. The number of unbranched alkanes of at least 4 members (excludes halogenated alkanes) is 3. The molecule has 0 rings (SSSR count). The molecule has 0 saturated carbocycles. The SMILES string of the molecule is CCCCC/C(CCCC#N)=N\O. The Balaban J connectivity index is 3.48. The third kappa shape index (κ3) is 7.32. The summed E-state index contributed by atoms with van der Waals surface area (Å²) in [5, 5.41) is 20.2. The lowest BCUT2D eigenvalue weighted by Crippen LogP contribution is -1.98. The number of oxime groups is 1. The van der Waals surface area contributed by atoms with Gasteiger partial charge in [0.25, 0.3) is 0 Å². The topological polar surface area (TPSA) is 56.4 Å². The van der Waals surface area contributed by atoms with Gasteiger partial charge in [-0.3, -0.25) is 0 Å². The summed E-state index contributed by atoms with van der Waals surface area (Å²) in [6.45, 7) is 2.14. The molecule has 0 aliphatic rings. The molecular weight excluding hydrogens is 164 g/mol. The van der Waals surface area contributed by atoms with Crippen LogP contribution in [0.1, 0.15) is 51.9 Å². The maximum absolute atomic E-state index is 8.63. The van der Waals surface area contributed by atoms with Crippen molar-refractivity contribution < 1.29 is 5.21 Å². The van der Waals surface area contributed by atoms with E-state index in [0.29, 0.717) is 6.42 Å². The van der Waals surface area contributed by atoms with Crippen molar-refractivity contribution in [3.8, 4) is 6.07 Å². The van der Waals surface area contributed by atoms with Crippen LogP contribution in [0.15, 0.2) is 5.16 Å². The number of hydrogen-bond acceptors (Lipinski definition) is 3. The second kappa shape index (κ2) is 9.05. The Morgan fingerprint density at radius 3 is 2.54 bits per heavy atom. The van der Waals surface area contributed by atoms with E-state index < -0.39 is 0 Å². The molecule has 0 amide bonds. The Labute approximate surface area is 80.1 Å². The third-order valence-electron chi connectivity index (χ3n) is 1.96. The molecule has 0 bridgehead atoms. The zero-order valence-corrected chi connectivity index (χ0v) is 8.29. The van der Waals surface area contributed by atoms with Gasteiger partial charge in [-0.2, -0.15) is 5.26 Å². The molecule has 3 nitrogen and oxygen atoms in total. The van der Waals surface area contributed by atoms with Crippen molar-refractivity contribution in [3.05, 3.63) is 0 Å². The highest BCUT2D eigenvalue weighted by molar-refractivity contribution is 5.83. The highest BCUT2D eigenvalue weighted by atomic mass is 16.4. The Kier molecular flexibility index (Phi) is 8.33. The molecule has 0 spiro atoms. The molecule has 13 heavy (non-hydrogen) atoms. The van der Waals surface area contributed by atoms with Gasteiger partial charge in [0.05, 0.1) is 11.8 Å². The molecule has 74 valence electrons. The first-order valence-corrected chi connectivity index (χ1v) is 4.91. The van der Waals surface area contributed by atoms with Crippen LogP contribution in [0.5, 0.6) is 0 Å². The molecular formula is C10H18N2O. The van der Waals surface area contributed by atoms with Crippen LogP contribution in [0, 0.1) is 11.3 Å². The molecule has 0 aromatic rings. The quantitative estimate of drug-likeness (QED) is 0.284. The van der Waals surface area contributed by atoms with Crippen LogP contribution < -0.4 is 0 Å². The number of rotatable bonds is 7. The fourth-order valence-electron chi connectivity index (χ4n) is 1.18. The van der Waals surface area contributed by atoms with Crippen LogP contribution in [0.3, 0.4) is 0 Å². The molecule has 1 N–H and O–H groups in total. The fraction of sp³-hybridized carbons (Fsp3) is 0.800. The van der Waals surface area contributed by atoms with E-state index in [9.17, 15) is 0 Å². The van der Waals surface area contributed by atoms with E-state index in [1.165, 1.54) is 12.8 Å². The Bertz CT molecular complexity index is 182. The van der Waals surface area contributed by atoms with Crippen LogP contribution in [-0.2, 0) is 0 Å². The maximum Gasteiger partial charge on any atom is 0.0621 e. The number of hydrogen-bond donors (Lipinski definition) is 1. The van der Waals surface area contributed by atoms with Crippen molar-refractivity contribution in [2.24, 2.45) is 5.16 Å². The van der Waals surface area contributed by atoms with Crippen LogP contribution in [-0.4, -0.2) is 10.9 Å². The molecule has 0 aromatic carbocycles. The summed E-state index contributed by atoms with van der Waals surface area (Å²) in [4.78, 5) is 0. The molecule has 0 saturated heterocycles. The second-order valence-corrected chi connectivity index (χ2v) is 3.14. The van der Waals surface area contributed by atoms with E-state index in [-0.39, 0.29) is 0 Å². The Morgan fingerprint density at radius 2 is 2.00 bits per heavy atom. The predicted octanol–water partition coefficient (Wildman–Crippen LogP) is 3.09. The Morgan fingerprint density at radius 1 is 1.31 bits per heavy atom. The smallest absolute Gasteiger partial charge is 0.0621 e. The van der Waals surface area contributed by atoms with E-state index in [4.69, 9.17) is 10.5 Å². The van der Waals surface area contributed by atoms with Crippen molar-refractivity contribution in [1.82, 2.24) is 0 Å². The van der Waals surface area contributed by atoms with Crippen molar-refractivity contribution in [2.45, 2.75) is 51.9 Å². The predicted molar refractivity (Wildman–Crippen MR) is 52.8 cm³/mol. The molecule has 0 radical (unpaired) electrons. The molecule has 0 heterocycles. The summed E-state index contributed by atoms with van der Waals surface area (Å²) >= 11 is 0.